The van der Waals surface area contributed by atoms with E-state index in [9.17, 15) is 9.90 Å². The molecule has 2 nitrogen and oxygen atoms in total. The van der Waals surface area contributed by atoms with Gasteiger partial charge in [0, 0.05) is 5.56 Å². The number of rotatable bonds is 3. The van der Waals surface area contributed by atoms with Crippen molar-refractivity contribution < 1.29 is 9.90 Å². The Kier molecular flexibility index (Phi) is 4.84. The number of allylic oxidation sites excluding steroid dienone is 1. The number of carboxylic acid groups (broad SMARTS) is 1. The molecule has 0 fully saturated rings. The number of aryl methyl sites for hydroxylation is 1. The maximum atomic E-state index is 11.6. The number of benzene rings is 3. The zero-order valence-electron chi connectivity index (χ0n) is 17.5. The average Bonchev–Trinajstić information content (AvgIpc) is 2.74. The summed E-state index contributed by atoms with van der Waals surface area (Å²) < 4.78 is 0. The Bertz CT molecular complexity index is 1220. The maximum Gasteiger partial charge on any atom is 0.336 e. The summed E-state index contributed by atoms with van der Waals surface area (Å²) in [6.07, 6.45) is 8.96. The molecule has 1 aliphatic carbocycles. The van der Waals surface area contributed by atoms with Gasteiger partial charge in [0.1, 0.15) is 0 Å². The number of aromatic carboxylic acids is 1. The lowest BCUT2D eigenvalue weighted by molar-refractivity contribution is 0.0696. The first kappa shape index (κ1) is 19.7. The van der Waals surface area contributed by atoms with Gasteiger partial charge in [0.15, 0.2) is 0 Å². The van der Waals surface area contributed by atoms with E-state index in [1.807, 2.05) is 12.1 Å². The monoisotopic (exact) mass is 392 g/mol. The normalized spacial score (nSPS) is 14.4. The van der Waals surface area contributed by atoms with Gasteiger partial charge in [-0.05, 0) is 64.3 Å². The first-order chi connectivity index (χ1) is 14.3. The highest BCUT2D eigenvalue weighted by Gasteiger charge is 2.29. The van der Waals surface area contributed by atoms with Crippen LogP contribution < -0.4 is 0 Å². The van der Waals surface area contributed by atoms with Crippen LogP contribution in [0.3, 0.4) is 0 Å². The standard InChI is InChI=1S/C28H24O2/c1-5-21-22(7-6-8-25(21)27(29)30)20-13-14-24-23(19-11-9-18(2)10-12-19)15-16-28(3,4)26(24)17-20/h1,6-15,17H,16H2,2-4H3,(H,29,30). The van der Waals surface area contributed by atoms with Gasteiger partial charge in [-0.15, -0.1) is 6.42 Å². The smallest absolute Gasteiger partial charge is 0.336 e. The summed E-state index contributed by atoms with van der Waals surface area (Å²) in [4.78, 5) is 11.6. The topological polar surface area (TPSA) is 37.3 Å². The molecule has 4 rings (SSSR count). The minimum Gasteiger partial charge on any atom is -0.478 e. The zero-order valence-corrected chi connectivity index (χ0v) is 17.5. The highest BCUT2D eigenvalue weighted by molar-refractivity contribution is 5.94. The van der Waals surface area contributed by atoms with Crippen molar-refractivity contribution in [3.8, 4) is 23.5 Å². The predicted molar refractivity (Wildman–Crippen MR) is 123 cm³/mol. The Morgan fingerprint density at radius 2 is 1.70 bits per heavy atom. The molecule has 0 unspecified atom stereocenters. The Morgan fingerprint density at radius 3 is 2.37 bits per heavy atom. The van der Waals surface area contributed by atoms with Gasteiger partial charge in [0.2, 0.25) is 0 Å². The van der Waals surface area contributed by atoms with Crippen LogP contribution >= 0.6 is 0 Å². The van der Waals surface area contributed by atoms with Gasteiger partial charge in [-0.1, -0.05) is 79.9 Å². The van der Waals surface area contributed by atoms with Crippen LogP contribution in [-0.2, 0) is 5.41 Å². The van der Waals surface area contributed by atoms with Crippen LogP contribution in [0.1, 0.15) is 58.4 Å². The molecule has 2 heteroatoms. The number of fused-ring (bicyclic) bond motifs is 1. The van der Waals surface area contributed by atoms with Crippen molar-refractivity contribution in [3.05, 3.63) is 100 Å². The molecule has 0 heterocycles. The SMILES string of the molecule is C#Cc1c(C(=O)O)cccc1-c1ccc2c(c1)C(C)(C)CC=C2c1ccc(C)cc1. The van der Waals surface area contributed by atoms with Crippen LogP contribution in [0, 0.1) is 19.3 Å². The third-order valence-electron chi connectivity index (χ3n) is 5.97. The zero-order chi connectivity index (χ0) is 21.5. The first-order valence-corrected chi connectivity index (χ1v) is 10.1. The van der Waals surface area contributed by atoms with Crippen molar-refractivity contribution in [2.75, 3.05) is 0 Å². The van der Waals surface area contributed by atoms with Gasteiger partial charge in [-0.25, -0.2) is 4.79 Å². The van der Waals surface area contributed by atoms with Crippen molar-refractivity contribution in [3.63, 3.8) is 0 Å². The minimum atomic E-state index is -1.01. The molecule has 0 radical (unpaired) electrons. The third-order valence-corrected chi connectivity index (χ3v) is 5.97. The summed E-state index contributed by atoms with van der Waals surface area (Å²) in [5.41, 5.74) is 8.45. The maximum absolute atomic E-state index is 11.6. The van der Waals surface area contributed by atoms with Crippen LogP contribution in [0.2, 0.25) is 0 Å². The van der Waals surface area contributed by atoms with Crippen LogP contribution in [-0.4, -0.2) is 11.1 Å². The first-order valence-electron chi connectivity index (χ1n) is 10.1. The molecule has 1 aliphatic rings. The number of carbonyl (C=O) groups is 1. The molecule has 30 heavy (non-hydrogen) atoms. The molecule has 0 aromatic heterocycles. The van der Waals surface area contributed by atoms with Crippen molar-refractivity contribution in [2.24, 2.45) is 0 Å². The minimum absolute atomic E-state index is 0.0275. The molecule has 0 atom stereocenters. The molecular formula is C28H24O2. The molecule has 148 valence electrons. The van der Waals surface area contributed by atoms with Crippen LogP contribution in [0.4, 0.5) is 0 Å². The molecule has 0 aliphatic heterocycles. The number of hydrogen-bond acceptors (Lipinski definition) is 1. The number of terminal acetylenes is 1. The number of hydrogen-bond donors (Lipinski definition) is 1. The van der Waals surface area contributed by atoms with E-state index in [0.717, 1.165) is 17.5 Å². The van der Waals surface area contributed by atoms with Crippen molar-refractivity contribution >= 4 is 11.5 Å². The summed E-state index contributed by atoms with van der Waals surface area (Å²) in [5, 5.41) is 9.52. The van der Waals surface area contributed by atoms with E-state index < -0.39 is 5.97 Å². The highest BCUT2D eigenvalue weighted by Crippen LogP contribution is 2.43. The molecule has 3 aromatic carbocycles. The van der Waals surface area contributed by atoms with Crippen molar-refractivity contribution in [1.82, 2.24) is 0 Å². The van der Waals surface area contributed by atoms with Crippen molar-refractivity contribution in [2.45, 2.75) is 32.6 Å². The van der Waals surface area contributed by atoms with Gasteiger partial charge in [-0.3, -0.25) is 0 Å². The Morgan fingerprint density at radius 1 is 1.00 bits per heavy atom. The highest BCUT2D eigenvalue weighted by atomic mass is 16.4. The van der Waals surface area contributed by atoms with E-state index in [0.29, 0.717) is 5.56 Å². The summed E-state index contributed by atoms with van der Waals surface area (Å²) in [6, 6.07) is 20.2. The van der Waals surface area contributed by atoms with E-state index in [2.05, 4.69) is 69.2 Å². The Balaban J connectivity index is 1.89. The Labute approximate surface area is 177 Å². The quantitative estimate of drug-likeness (QED) is 0.520. The molecule has 0 saturated heterocycles. The molecule has 1 N–H and O–H groups in total. The Hall–Kier alpha value is -3.57. The fourth-order valence-electron chi connectivity index (χ4n) is 4.22. The van der Waals surface area contributed by atoms with E-state index in [-0.39, 0.29) is 11.0 Å². The van der Waals surface area contributed by atoms with Crippen molar-refractivity contribution in [1.29, 1.82) is 0 Å². The van der Waals surface area contributed by atoms with Gasteiger partial charge in [-0.2, -0.15) is 0 Å². The average molecular weight is 392 g/mol. The predicted octanol–water partition coefficient (Wildman–Crippen LogP) is 6.45. The second kappa shape index (κ2) is 7.35. The summed E-state index contributed by atoms with van der Waals surface area (Å²) >= 11 is 0. The summed E-state index contributed by atoms with van der Waals surface area (Å²) in [5.74, 6) is 1.59. The van der Waals surface area contributed by atoms with E-state index in [1.54, 1.807) is 12.1 Å². The molecule has 3 aromatic rings. The molecular weight excluding hydrogens is 368 g/mol. The van der Waals surface area contributed by atoms with Gasteiger partial charge in [0.05, 0.1) is 5.56 Å². The number of carboxylic acids is 1. The lowest BCUT2D eigenvalue weighted by Crippen LogP contribution is -2.22. The largest absolute Gasteiger partial charge is 0.478 e. The fraction of sp³-hybridized carbons (Fsp3) is 0.179. The van der Waals surface area contributed by atoms with E-state index in [1.165, 1.54) is 27.8 Å². The lowest BCUT2D eigenvalue weighted by Gasteiger charge is -2.33. The van der Waals surface area contributed by atoms with Crippen LogP contribution in [0.5, 0.6) is 0 Å². The molecule has 0 amide bonds. The van der Waals surface area contributed by atoms with Gasteiger partial charge < -0.3 is 5.11 Å². The fourth-order valence-corrected chi connectivity index (χ4v) is 4.22. The molecule has 0 spiro atoms. The lowest BCUT2D eigenvalue weighted by atomic mass is 9.71. The van der Waals surface area contributed by atoms with Crippen LogP contribution in [0.15, 0.2) is 66.7 Å². The third kappa shape index (κ3) is 3.33. The molecule has 0 bridgehead atoms. The summed E-state index contributed by atoms with van der Waals surface area (Å²) in [7, 11) is 0. The van der Waals surface area contributed by atoms with E-state index in [4.69, 9.17) is 6.42 Å². The van der Waals surface area contributed by atoms with Gasteiger partial charge >= 0.3 is 5.97 Å². The van der Waals surface area contributed by atoms with E-state index >= 15 is 0 Å². The van der Waals surface area contributed by atoms with Crippen LogP contribution in [0.25, 0.3) is 16.7 Å². The second-order valence-corrected chi connectivity index (χ2v) is 8.51. The van der Waals surface area contributed by atoms with Gasteiger partial charge in [0.25, 0.3) is 0 Å². The summed E-state index contributed by atoms with van der Waals surface area (Å²) in [6.45, 7) is 6.58. The second-order valence-electron chi connectivity index (χ2n) is 8.51. The molecule has 0 saturated carbocycles.